The van der Waals surface area contributed by atoms with Crippen LogP contribution in [0.2, 0.25) is 0 Å². The lowest BCUT2D eigenvalue weighted by molar-refractivity contribution is 0.0374. The molecule has 1 aliphatic rings. The third kappa shape index (κ3) is 4.41. The summed E-state index contributed by atoms with van der Waals surface area (Å²) in [6.07, 6.45) is 3.57. The molecule has 1 aromatic carbocycles. The van der Waals surface area contributed by atoms with E-state index >= 15 is 0 Å². The SMILES string of the molecule is COc1ccc([C@H]2OC=CC[C@@H]2NC(=O)OC(C)(C)C)cc1. The van der Waals surface area contributed by atoms with E-state index < -0.39 is 11.7 Å². The van der Waals surface area contributed by atoms with Gasteiger partial charge in [0, 0.05) is 0 Å². The maximum absolute atomic E-state index is 12.0. The number of alkyl carbamates (subject to hydrolysis) is 1. The van der Waals surface area contributed by atoms with Gasteiger partial charge in [-0.15, -0.1) is 0 Å². The number of amides is 1. The summed E-state index contributed by atoms with van der Waals surface area (Å²) in [5.74, 6) is 0.784. The number of methoxy groups -OCH3 is 1. The highest BCUT2D eigenvalue weighted by molar-refractivity contribution is 5.68. The number of nitrogens with one attached hydrogen (secondary N) is 1. The van der Waals surface area contributed by atoms with Crippen molar-refractivity contribution in [3.8, 4) is 5.75 Å². The average molecular weight is 305 g/mol. The number of rotatable bonds is 3. The Morgan fingerprint density at radius 2 is 1.95 bits per heavy atom. The van der Waals surface area contributed by atoms with Crippen LogP contribution >= 0.6 is 0 Å². The van der Waals surface area contributed by atoms with Crippen LogP contribution in [0.25, 0.3) is 0 Å². The van der Waals surface area contributed by atoms with Crippen LogP contribution in [0.3, 0.4) is 0 Å². The zero-order valence-electron chi connectivity index (χ0n) is 13.5. The highest BCUT2D eigenvalue weighted by Gasteiger charge is 2.29. The minimum absolute atomic E-state index is 0.173. The highest BCUT2D eigenvalue weighted by atomic mass is 16.6. The molecule has 0 radical (unpaired) electrons. The van der Waals surface area contributed by atoms with Crippen molar-refractivity contribution in [1.82, 2.24) is 5.32 Å². The van der Waals surface area contributed by atoms with Crippen molar-refractivity contribution in [2.45, 2.75) is 44.9 Å². The molecule has 5 heteroatoms. The molecule has 1 aromatic rings. The van der Waals surface area contributed by atoms with Gasteiger partial charge in [0.15, 0.2) is 0 Å². The molecule has 2 atom stereocenters. The van der Waals surface area contributed by atoms with Gasteiger partial charge < -0.3 is 19.5 Å². The summed E-state index contributed by atoms with van der Waals surface area (Å²) in [5, 5.41) is 2.88. The van der Waals surface area contributed by atoms with Crippen molar-refractivity contribution in [2.24, 2.45) is 0 Å². The standard InChI is InChI=1S/C17H23NO4/c1-17(2,3)22-16(19)18-14-6-5-11-21-15(14)12-7-9-13(20-4)10-8-12/h5,7-11,14-15H,6H2,1-4H3,(H,18,19)/t14-,15+/m0/s1. The summed E-state index contributed by atoms with van der Waals surface area (Å²) >= 11 is 0. The first-order valence-electron chi connectivity index (χ1n) is 7.33. The van der Waals surface area contributed by atoms with E-state index in [0.29, 0.717) is 6.42 Å². The van der Waals surface area contributed by atoms with E-state index in [2.05, 4.69) is 5.32 Å². The van der Waals surface area contributed by atoms with Gasteiger partial charge in [-0.1, -0.05) is 12.1 Å². The Bertz CT molecular complexity index is 531. The smallest absolute Gasteiger partial charge is 0.408 e. The van der Waals surface area contributed by atoms with Crippen molar-refractivity contribution in [3.63, 3.8) is 0 Å². The Labute approximate surface area is 131 Å². The minimum Gasteiger partial charge on any atom is -0.497 e. The van der Waals surface area contributed by atoms with Crippen molar-refractivity contribution in [2.75, 3.05) is 7.11 Å². The van der Waals surface area contributed by atoms with Crippen LogP contribution in [0, 0.1) is 0 Å². The molecule has 0 aromatic heterocycles. The van der Waals surface area contributed by atoms with Gasteiger partial charge in [0.05, 0.1) is 19.4 Å². The van der Waals surface area contributed by atoms with E-state index in [-0.39, 0.29) is 12.1 Å². The summed E-state index contributed by atoms with van der Waals surface area (Å²) in [4.78, 5) is 12.0. The summed E-state index contributed by atoms with van der Waals surface area (Å²) in [5.41, 5.74) is 0.455. The summed E-state index contributed by atoms with van der Waals surface area (Å²) in [7, 11) is 1.63. The number of hydrogen-bond acceptors (Lipinski definition) is 4. The van der Waals surface area contributed by atoms with Crippen LogP contribution in [-0.2, 0) is 9.47 Å². The van der Waals surface area contributed by atoms with Crippen LogP contribution in [0.4, 0.5) is 4.79 Å². The lowest BCUT2D eigenvalue weighted by Crippen LogP contribution is -2.43. The first kappa shape index (κ1) is 16.2. The van der Waals surface area contributed by atoms with E-state index in [9.17, 15) is 4.79 Å². The second-order valence-corrected chi connectivity index (χ2v) is 6.19. The molecule has 5 nitrogen and oxygen atoms in total. The molecule has 1 N–H and O–H groups in total. The zero-order valence-corrected chi connectivity index (χ0v) is 13.5. The predicted molar refractivity (Wildman–Crippen MR) is 83.7 cm³/mol. The van der Waals surface area contributed by atoms with Crippen LogP contribution in [0.15, 0.2) is 36.6 Å². The van der Waals surface area contributed by atoms with E-state index in [4.69, 9.17) is 14.2 Å². The van der Waals surface area contributed by atoms with E-state index in [0.717, 1.165) is 11.3 Å². The van der Waals surface area contributed by atoms with Gasteiger partial charge in [0.1, 0.15) is 17.5 Å². The molecule has 1 aliphatic heterocycles. The van der Waals surface area contributed by atoms with Gasteiger partial charge in [-0.25, -0.2) is 4.79 Å². The summed E-state index contributed by atoms with van der Waals surface area (Å²) < 4.78 is 16.2. The lowest BCUT2D eigenvalue weighted by Gasteiger charge is -2.31. The van der Waals surface area contributed by atoms with Gasteiger partial charge in [-0.3, -0.25) is 0 Å². The lowest BCUT2D eigenvalue weighted by atomic mass is 9.98. The quantitative estimate of drug-likeness (QED) is 0.927. The Morgan fingerprint density at radius 3 is 2.55 bits per heavy atom. The fraction of sp³-hybridized carbons (Fsp3) is 0.471. The van der Waals surface area contributed by atoms with Crippen LogP contribution in [0.1, 0.15) is 38.9 Å². The largest absolute Gasteiger partial charge is 0.497 e. The number of benzene rings is 1. The molecular weight excluding hydrogens is 282 g/mol. The second kappa shape index (κ2) is 6.73. The molecule has 0 aliphatic carbocycles. The molecule has 2 rings (SSSR count). The van der Waals surface area contributed by atoms with Crippen molar-refractivity contribution >= 4 is 6.09 Å². The maximum Gasteiger partial charge on any atom is 0.408 e. The van der Waals surface area contributed by atoms with E-state index in [1.165, 1.54) is 0 Å². The highest BCUT2D eigenvalue weighted by Crippen LogP contribution is 2.28. The molecule has 120 valence electrons. The van der Waals surface area contributed by atoms with Crippen LogP contribution in [0.5, 0.6) is 5.75 Å². The second-order valence-electron chi connectivity index (χ2n) is 6.19. The molecule has 22 heavy (non-hydrogen) atoms. The zero-order chi connectivity index (χ0) is 16.2. The third-order valence-corrected chi connectivity index (χ3v) is 3.22. The summed E-state index contributed by atoms with van der Waals surface area (Å²) in [6, 6.07) is 7.45. The average Bonchev–Trinajstić information content (AvgIpc) is 2.46. The fourth-order valence-electron chi connectivity index (χ4n) is 2.26. The normalized spacial score (nSPS) is 20.9. The monoisotopic (exact) mass is 305 g/mol. The molecule has 0 fully saturated rings. The fourth-order valence-corrected chi connectivity index (χ4v) is 2.26. The first-order chi connectivity index (χ1) is 10.4. The van der Waals surface area contributed by atoms with Crippen LogP contribution in [-0.4, -0.2) is 24.8 Å². The molecule has 0 saturated heterocycles. The van der Waals surface area contributed by atoms with Crippen molar-refractivity contribution in [3.05, 3.63) is 42.2 Å². The van der Waals surface area contributed by atoms with Gasteiger partial charge in [0.25, 0.3) is 0 Å². The topological polar surface area (TPSA) is 56.8 Å². The third-order valence-electron chi connectivity index (χ3n) is 3.22. The molecule has 0 bridgehead atoms. The van der Waals surface area contributed by atoms with Crippen molar-refractivity contribution in [1.29, 1.82) is 0 Å². The molecule has 0 saturated carbocycles. The van der Waals surface area contributed by atoms with Crippen LogP contribution < -0.4 is 10.1 Å². The van der Waals surface area contributed by atoms with E-state index in [1.807, 2.05) is 51.1 Å². The number of carbonyl (C=O) groups is 1. The Morgan fingerprint density at radius 1 is 1.27 bits per heavy atom. The molecule has 1 heterocycles. The molecular formula is C17H23NO4. The van der Waals surface area contributed by atoms with E-state index in [1.54, 1.807) is 13.4 Å². The number of carbonyl (C=O) groups excluding carboxylic acids is 1. The van der Waals surface area contributed by atoms with Gasteiger partial charge in [-0.2, -0.15) is 0 Å². The number of ether oxygens (including phenoxy) is 3. The predicted octanol–water partition coefficient (Wildman–Crippen LogP) is 3.56. The first-order valence-corrected chi connectivity index (χ1v) is 7.33. The summed E-state index contributed by atoms with van der Waals surface area (Å²) in [6.45, 7) is 5.51. The molecule has 1 amide bonds. The molecule has 0 unspecified atom stereocenters. The van der Waals surface area contributed by atoms with Crippen molar-refractivity contribution < 1.29 is 19.0 Å². The minimum atomic E-state index is -0.523. The molecule has 0 spiro atoms. The van der Waals surface area contributed by atoms with Gasteiger partial charge in [-0.05, 0) is 51.0 Å². The van der Waals surface area contributed by atoms with Gasteiger partial charge >= 0.3 is 6.09 Å². The van der Waals surface area contributed by atoms with Gasteiger partial charge in [0.2, 0.25) is 0 Å². The Kier molecular flexibility index (Phi) is 4.96. The Balaban J connectivity index is 2.08. The maximum atomic E-state index is 12.0. The number of hydrogen-bond donors (Lipinski definition) is 1. The Hall–Kier alpha value is -2.17.